The minimum atomic E-state index is -3.47. The number of carbonyl (C=O) groups excluding carboxylic acids is 1. The first-order valence-corrected chi connectivity index (χ1v) is 8.34. The van der Waals surface area contributed by atoms with Gasteiger partial charge in [-0.1, -0.05) is 0 Å². The summed E-state index contributed by atoms with van der Waals surface area (Å²) in [6.45, 7) is 7.29. The summed E-state index contributed by atoms with van der Waals surface area (Å²) in [5.74, 6) is 0.263. The molecule has 7 heteroatoms. The van der Waals surface area contributed by atoms with Crippen LogP contribution >= 0.6 is 0 Å². The van der Waals surface area contributed by atoms with Gasteiger partial charge in [0.1, 0.15) is 5.75 Å². The maximum Gasteiger partial charge on any atom is 0.258 e. The molecule has 124 valence electrons. The van der Waals surface area contributed by atoms with Crippen LogP contribution < -0.4 is 10.1 Å². The van der Waals surface area contributed by atoms with Crippen LogP contribution in [-0.4, -0.2) is 44.9 Å². The van der Waals surface area contributed by atoms with Crippen molar-refractivity contribution in [1.29, 1.82) is 0 Å². The average molecular weight is 328 g/mol. The molecule has 0 saturated carbocycles. The molecule has 0 spiro atoms. The lowest BCUT2D eigenvalue weighted by atomic mass is 10.1. The number of aryl methyl sites for hydroxylation is 1. The summed E-state index contributed by atoms with van der Waals surface area (Å²) < 4.78 is 30.7. The van der Waals surface area contributed by atoms with Crippen LogP contribution in [0.1, 0.15) is 26.3 Å². The van der Waals surface area contributed by atoms with E-state index in [4.69, 9.17) is 4.74 Å². The van der Waals surface area contributed by atoms with E-state index < -0.39 is 10.0 Å². The summed E-state index contributed by atoms with van der Waals surface area (Å²) >= 11 is 0. The number of benzene rings is 1. The summed E-state index contributed by atoms with van der Waals surface area (Å²) in [4.78, 5) is 11.9. The lowest BCUT2D eigenvalue weighted by Crippen LogP contribution is -2.43. The van der Waals surface area contributed by atoms with Crippen molar-refractivity contribution >= 4 is 15.9 Å². The van der Waals surface area contributed by atoms with Gasteiger partial charge in [-0.05, 0) is 51.5 Å². The summed E-state index contributed by atoms with van der Waals surface area (Å²) in [6.07, 6.45) is 0. The number of nitrogens with zero attached hydrogens (tertiary/aromatic N) is 1. The molecule has 1 aromatic rings. The summed E-state index contributed by atoms with van der Waals surface area (Å²) in [5.41, 5.74) is 0.338. The highest BCUT2D eigenvalue weighted by Crippen LogP contribution is 2.23. The highest BCUT2D eigenvalue weighted by molar-refractivity contribution is 7.89. The van der Waals surface area contributed by atoms with E-state index in [1.807, 2.05) is 20.8 Å². The topological polar surface area (TPSA) is 75.7 Å². The molecule has 1 N–H and O–H groups in total. The second-order valence-corrected chi connectivity index (χ2v) is 8.45. The molecular formula is C15H24N2O4S. The molecule has 0 aliphatic heterocycles. The van der Waals surface area contributed by atoms with E-state index in [9.17, 15) is 13.2 Å². The van der Waals surface area contributed by atoms with Crippen molar-refractivity contribution in [2.45, 2.75) is 38.1 Å². The third kappa shape index (κ3) is 4.99. The standard InChI is InChI=1S/C15H24N2O4S/c1-11-9-12(22(19,20)17(5)6)7-8-13(11)21-10-14(18)16-15(2,3)4/h7-9H,10H2,1-6H3,(H,16,18). The molecule has 1 amide bonds. The minimum Gasteiger partial charge on any atom is -0.484 e. The Morgan fingerprint density at radius 1 is 1.27 bits per heavy atom. The van der Waals surface area contributed by atoms with Crippen LogP contribution in [0.2, 0.25) is 0 Å². The molecule has 0 radical (unpaired) electrons. The fourth-order valence-electron chi connectivity index (χ4n) is 1.75. The van der Waals surface area contributed by atoms with Crippen LogP contribution in [0.15, 0.2) is 23.1 Å². The zero-order valence-corrected chi connectivity index (χ0v) is 14.7. The van der Waals surface area contributed by atoms with Gasteiger partial charge in [0.05, 0.1) is 4.90 Å². The van der Waals surface area contributed by atoms with Gasteiger partial charge in [0.15, 0.2) is 6.61 Å². The molecule has 0 unspecified atom stereocenters. The van der Waals surface area contributed by atoms with Crippen molar-refractivity contribution < 1.29 is 17.9 Å². The zero-order chi connectivity index (χ0) is 17.1. The third-order valence-electron chi connectivity index (χ3n) is 2.80. The first-order chi connectivity index (χ1) is 9.93. The maximum atomic E-state index is 12.0. The molecule has 6 nitrogen and oxygen atoms in total. The van der Waals surface area contributed by atoms with E-state index in [0.29, 0.717) is 11.3 Å². The molecule has 0 aromatic heterocycles. The second-order valence-electron chi connectivity index (χ2n) is 6.30. The number of ether oxygens (including phenoxy) is 1. The molecule has 1 rings (SSSR count). The molecule has 0 bridgehead atoms. The number of carbonyl (C=O) groups is 1. The lowest BCUT2D eigenvalue weighted by Gasteiger charge is -2.20. The van der Waals surface area contributed by atoms with Crippen LogP contribution in [0.25, 0.3) is 0 Å². The van der Waals surface area contributed by atoms with Crippen molar-refractivity contribution in [3.63, 3.8) is 0 Å². The molecule has 1 aromatic carbocycles. The van der Waals surface area contributed by atoms with Gasteiger partial charge in [0.25, 0.3) is 5.91 Å². The Labute approximate surface area is 132 Å². The summed E-state index contributed by atoms with van der Waals surface area (Å²) in [6, 6.07) is 4.57. The van der Waals surface area contributed by atoms with Crippen LogP contribution in [0.5, 0.6) is 5.75 Å². The van der Waals surface area contributed by atoms with Crippen molar-refractivity contribution in [2.75, 3.05) is 20.7 Å². The van der Waals surface area contributed by atoms with Gasteiger partial charge in [0, 0.05) is 19.6 Å². The van der Waals surface area contributed by atoms with Crippen LogP contribution in [0.3, 0.4) is 0 Å². The first kappa shape index (κ1) is 18.4. The fourth-order valence-corrected chi connectivity index (χ4v) is 2.74. The number of sulfonamides is 1. The van der Waals surface area contributed by atoms with Gasteiger partial charge < -0.3 is 10.1 Å². The summed E-state index contributed by atoms with van der Waals surface area (Å²) in [7, 11) is -0.517. The molecule has 0 aliphatic rings. The molecule has 0 fully saturated rings. The van der Waals surface area contributed by atoms with Crippen molar-refractivity contribution in [2.24, 2.45) is 0 Å². The van der Waals surface area contributed by atoms with Crippen molar-refractivity contribution in [3.8, 4) is 5.75 Å². The van der Waals surface area contributed by atoms with Gasteiger partial charge in [-0.3, -0.25) is 4.79 Å². The average Bonchev–Trinajstić information content (AvgIpc) is 2.34. The highest BCUT2D eigenvalue weighted by Gasteiger charge is 2.19. The first-order valence-electron chi connectivity index (χ1n) is 6.90. The van der Waals surface area contributed by atoms with E-state index in [0.717, 1.165) is 4.31 Å². The van der Waals surface area contributed by atoms with Crippen molar-refractivity contribution in [1.82, 2.24) is 9.62 Å². The highest BCUT2D eigenvalue weighted by atomic mass is 32.2. The molecule has 0 atom stereocenters. The monoisotopic (exact) mass is 328 g/mol. The molecule has 0 heterocycles. The molecule has 22 heavy (non-hydrogen) atoms. The molecular weight excluding hydrogens is 304 g/mol. The van der Waals surface area contributed by atoms with Gasteiger partial charge in [0.2, 0.25) is 10.0 Å². The van der Waals surface area contributed by atoms with Gasteiger partial charge in [-0.2, -0.15) is 0 Å². The fraction of sp³-hybridized carbons (Fsp3) is 0.533. The maximum absolute atomic E-state index is 12.0. The van der Waals surface area contributed by atoms with E-state index >= 15 is 0 Å². The van der Waals surface area contributed by atoms with E-state index in [2.05, 4.69) is 5.32 Å². The normalized spacial score (nSPS) is 12.3. The van der Waals surface area contributed by atoms with E-state index in [1.54, 1.807) is 13.0 Å². The van der Waals surface area contributed by atoms with Crippen LogP contribution in [0, 0.1) is 6.92 Å². The number of nitrogens with one attached hydrogen (secondary N) is 1. The van der Waals surface area contributed by atoms with Gasteiger partial charge in [-0.15, -0.1) is 0 Å². The van der Waals surface area contributed by atoms with E-state index in [1.165, 1.54) is 26.2 Å². The Kier molecular flexibility index (Phi) is 5.59. The number of hydrogen-bond donors (Lipinski definition) is 1. The third-order valence-corrected chi connectivity index (χ3v) is 4.61. The lowest BCUT2D eigenvalue weighted by molar-refractivity contribution is -0.124. The smallest absolute Gasteiger partial charge is 0.258 e. The number of rotatable bonds is 5. The number of amides is 1. The molecule has 0 saturated heterocycles. The Hall–Kier alpha value is -1.60. The van der Waals surface area contributed by atoms with Crippen LogP contribution in [-0.2, 0) is 14.8 Å². The van der Waals surface area contributed by atoms with Gasteiger partial charge >= 0.3 is 0 Å². The Balaban J connectivity index is 2.82. The minimum absolute atomic E-state index is 0.113. The second kappa shape index (κ2) is 6.66. The Morgan fingerprint density at radius 3 is 2.32 bits per heavy atom. The quantitative estimate of drug-likeness (QED) is 0.889. The zero-order valence-electron chi connectivity index (χ0n) is 13.9. The summed E-state index contributed by atoms with van der Waals surface area (Å²) in [5, 5.41) is 2.79. The SMILES string of the molecule is Cc1cc(S(=O)(=O)N(C)C)ccc1OCC(=O)NC(C)(C)C. The predicted octanol–water partition coefficient (Wildman–Crippen LogP) is 1.54. The van der Waals surface area contributed by atoms with Gasteiger partial charge in [-0.25, -0.2) is 12.7 Å². The molecule has 0 aliphatic carbocycles. The Morgan fingerprint density at radius 2 is 1.86 bits per heavy atom. The van der Waals surface area contributed by atoms with E-state index in [-0.39, 0.29) is 22.9 Å². The Bertz CT molecular complexity index is 646. The number of hydrogen-bond acceptors (Lipinski definition) is 4. The van der Waals surface area contributed by atoms with Crippen LogP contribution in [0.4, 0.5) is 0 Å². The largest absolute Gasteiger partial charge is 0.484 e. The predicted molar refractivity (Wildman–Crippen MR) is 85.4 cm³/mol. The van der Waals surface area contributed by atoms with Crippen molar-refractivity contribution in [3.05, 3.63) is 23.8 Å².